The molecule has 1 rings (SSSR count). The van der Waals surface area contributed by atoms with E-state index in [1.165, 1.54) is 0 Å². The van der Waals surface area contributed by atoms with Crippen LogP contribution >= 0.6 is 0 Å². The maximum Gasteiger partial charge on any atom is 0.120 e. The lowest BCUT2D eigenvalue weighted by Gasteiger charge is -2.30. The SMILES string of the molecule is OC[C@@H](O)[C@@](O)(CO)Cc1ccccc1. The molecule has 0 bridgehead atoms. The van der Waals surface area contributed by atoms with Crippen molar-refractivity contribution in [3.05, 3.63) is 35.9 Å². The van der Waals surface area contributed by atoms with E-state index in [-0.39, 0.29) is 6.42 Å². The van der Waals surface area contributed by atoms with Crippen molar-refractivity contribution in [3.8, 4) is 0 Å². The minimum atomic E-state index is -1.68. The quantitative estimate of drug-likeness (QED) is 0.520. The maximum absolute atomic E-state index is 9.88. The van der Waals surface area contributed by atoms with E-state index in [1.54, 1.807) is 24.3 Å². The van der Waals surface area contributed by atoms with E-state index in [0.29, 0.717) is 0 Å². The Bertz CT molecular complexity index is 288. The Labute approximate surface area is 88.4 Å². The van der Waals surface area contributed by atoms with E-state index < -0.39 is 24.9 Å². The van der Waals surface area contributed by atoms with E-state index in [2.05, 4.69) is 0 Å². The third-order valence-electron chi connectivity index (χ3n) is 2.42. The zero-order valence-corrected chi connectivity index (χ0v) is 8.37. The Kier molecular flexibility index (Phi) is 4.23. The van der Waals surface area contributed by atoms with Crippen LogP contribution in [-0.2, 0) is 6.42 Å². The molecule has 84 valence electrons. The molecule has 0 aromatic heterocycles. The second kappa shape index (κ2) is 5.23. The summed E-state index contributed by atoms with van der Waals surface area (Å²) in [7, 11) is 0. The molecule has 4 N–H and O–H groups in total. The minimum absolute atomic E-state index is 0.103. The van der Waals surface area contributed by atoms with Gasteiger partial charge >= 0.3 is 0 Å². The highest BCUT2D eigenvalue weighted by atomic mass is 16.4. The fourth-order valence-electron chi connectivity index (χ4n) is 1.40. The number of hydrogen-bond acceptors (Lipinski definition) is 4. The summed E-state index contributed by atoms with van der Waals surface area (Å²) < 4.78 is 0. The normalized spacial score (nSPS) is 17.1. The predicted octanol–water partition coefficient (Wildman–Crippen LogP) is -0.694. The summed E-state index contributed by atoms with van der Waals surface area (Å²) in [4.78, 5) is 0. The molecule has 4 heteroatoms. The molecule has 0 aliphatic carbocycles. The van der Waals surface area contributed by atoms with Crippen LogP contribution in [0.15, 0.2) is 30.3 Å². The lowest BCUT2D eigenvalue weighted by molar-refractivity contribution is -0.119. The van der Waals surface area contributed by atoms with Crippen molar-refractivity contribution >= 4 is 0 Å². The monoisotopic (exact) mass is 212 g/mol. The standard InChI is InChI=1S/C11H16O4/c12-7-10(14)11(15,8-13)6-9-4-2-1-3-5-9/h1-5,10,12-15H,6-8H2/t10-,11+/m1/s1. The first-order valence-corrected chi connectivity index (χ1v) is 4.78. The molecule has 0 saturated carbocycles. The summed E-state index contributed by atoms with van der Waals surface area (Å²) in [5.74, 6) is 0. The fraction of sp³-hybridized carbons (Fsp3) is 0.455. The largest absolute Gasteiger partial charge is 0.394 e. The van der Waals surface area contributed by atoms with Gasteiger partial charge in [-0.3, -0.25) is 0 Å². The van der Waals surface area contributed by atoms with Crippen molar-refractivity contribution < 1.29 is 20.4 Å². The summed E-state index contributed by atoms with van der Waals surface area (Å²) in [5.41, 5.74) is -0.891. The highest BCUT2D eigenvalue weighted by Gasteiger charge is 2.34. The molecule has 0 radical (unpaired) electrons. The molecular weight excluding hydrogens is 196 g/mol. The molecular formula is C11H16O4. The molecule has 0 aliphatic rings. The van der Waals surface area contributed by atoms with Crippen molar-refractivity contribution in [2.45, 2.75) is 18.1 Å². The van der Waals surface area contributed by atoms with Gasteiger partial charge in [0.2, 0.25) is 0 Å². The summed E-state index contributed by atoms with van der Waals surface area (Å²) in [6, 6.07) is 9.01. The minimum Gasteiger partial charge on any atom is -0.394 e. The van der Waals surface area contributed by atoms with Crippen molar-refractivity contribution in [1.82, 2.24) is 0 Å². The van der Waals surface area contributed by atoms with Crippen molar-refractivity contribution in [2.75, 3.05) is 13.2 Å². The van der Waals surface area contributed by atoms with Crippen molar-refractivity contribution in [3.63, 3.8) is 0 Å². The van der Waals surface area contributed by atoms with Gasteiger partial charge in [-0.05, 0) is 5.56 Å². The first kappa shape index (κ1) is 12.1. The molecule has 2 atom stereocenters. The van der Waals surface area contributed by atoms with E-state index in [9.17, 15) is 10.2 Å². The van der Waals surface area contributed by atoms with E-state index in [4.69, 9.17) is 10.2 Å². The molecule has 0 aliphatic heterocycles. The van der Waals surface area contributed by atoms with Gasteiger partial charge in [0.1, 0.15) is 11.7 Å². The average molecular weight is 212 g/mol. The number of aliphatic hydroxyl groups is 4. The maximum atomic E-state index is 9.88. The summed E-state index contributed by atoms with van der Waals surface area (Å²) in [5, 5.41) is 37.0. The zero-order valence-electron chi connectivity index (χ0n) is 8.37. The molecule has 0 fully saturated rings. The molecule has 0 heterocycles. The third-order valence-corrected chi connectivity index (χ3v) is 2.42. The molecule has 1 aromatic carbocycles. The van der Waals surface area contributed by atoms with Gasteiger partial charge in [0.15, 0.2) is 0 Å². The van der Waals surface area contributed by atoms with Crippen LogP contribution in [0.2, 0.25) is 0 Å². The topological polar surface area (TPSA) is 80.9 Å². The van der Waals surface area contributed by atoms with E-state index in [0.717, 1.165) is 5.56 Å². The Balaban J connectivity index is 2.77. The second-order valence-electron chi connectivity index (χ2n) is 3.62. The Morgan fingerprint density at radius 2 is 1.73 bits per heavy atom. The zero-order chi connectivity index (χ0) is 11.3. The Morgan fingerprint density at radius 1 is 1.13 bits per heavy atom. The van der Waals surface area contributed by atoms with Gasteiger partial charge in [-0.1, -0.05) is 30.3 Å². The van der Waals surface area contributed by atoms with Gasteiger partial charge < -0.3 is 20.4 Å². The molecule has 0 unspecified atom stereocenters. The Hall–Kier alpha value is -0.940. The average Bonchev–Trinajstić information content (AvgIpc) is 2.29. The number of hydrogen-bond donors (Lipinski definition) is 4. The molecule has 4 nitrogen and oxygen atoms in total. The summed E-state index contributed by atoms with van der Waals surface area (Å²) in [6.07, 6.45) is -1.24. The van der Waals surface area contributed by atoms with Gasteiger partial charge in [0.25, 0.3) is 0 Å². The van der Waals surface area contributed by atoms with Gasteiger partial charge in [-0.2, -0.15) is 0 Å². The van der Waals surface area contributed by atoms with Crippen molar-refractivity contribution in [2.24, 2.45) is 0 Å². The third kappa shape index (κ3) is 3.00. The molecule has 15 heavy (non-hydrogen) atoms. The van der Waals surface area contributed by atoms with Crippen LogP contribution in [0.3, 0.4) is 0 Å². The van der Waals surface area contributed by atoms with Crippen LogP contribution in [0.25, 0.3) is 0 Å². The van der Waals surface area contributed by atoms with Crippen LogP contribution in [0.5, 0.6) is 0 Å². The lowest BCUT2D eigenvalue weighted by Crippen LogP contribution is -2.49. The smallest absolute Gasteiger partial charge is 0.120 e. The fourth-order valence-corrected chi connectivity index (χ4v) is 1.40. The van der Waals surface area contributed by atoms with Gasteiger partial charge in [-0.25, -0.2) is 0 Å². The van der Waals surface area contributed by atoms with Gasteiger partial charge in [0, 0.05) is 6.42 Å². The van der Waals surface area contributed by atoms with Crippen LogP contribution in [0.1, 0.15) is 5.56 Å². The molecule has 0 amide bonds. The summed E-state index contributed by atoms with van der Waals surface area (Å²) >= 11 is 0. The highest BCUT2D eigenvalue weighted by Crippen LogP contribution is 2.17. The number of benzene rings is 1. The van der Waals surface area contributed by atoms with Gasteiger partial charge in [-0.15, -0.1) is 0 Å². The number of aliphatic hydroxyl groups excluding tert-OH is 3. The lowest BCUT2D eigenvalue weighted by atomic mass is 9.90. The predicted molar refractivity (Wildman–Crippen MR) is 55.3 cm³/mol. The van der Waals surface area contributed by atoms with E-state index >= 15 is 0 Å². The van der Waals surface area contributed by atoms with Crippen LogP contribution in [0, 0.1) is 0 Å². The Morgan fingerprint density at radius 3 is 2.20 bits per heavy atom. The number of rotatable bonds is 5. The van der Waals surface area contributed by atoms with Crippen molar-refractivity contribution in [1.29, 1.82) is 0 Å². The first-order chi connectivity index (χ1) is 7.12. The second-order valence-corrected chi connectivity index (χ2v) is 3.62. The summed E-state index contributed by atoms with van der Waals surface area (Å²) in [6.45, 7) is -1.17. The van der Waals surface area contributed by atoms with Crippen LogP contribution in [-0.4, -0.2) is 45.3 Å². The molecule has 1 aromatic rings. The molecule has 0 saturated heterocycles. The van der Waals surface area contributed by atoms with E-state index in [1.807, 2.05) is 6.07 Å². The van der Waals surface area contributed by atoms with Gasteiger partial charge in [0.05, 0.1) is 13.2 Å². The first-order valence-electron chi connectivity index (χ1n) is 4.78. The van der Waals surface area contributed by atoms with Crippen LogP contribution < -0.4 is 0 Å². The van der Waals surface area contributed by atoms with Crippen LogP contribution in [0.4, 0.5) is 0 Å². The highest BCUT2D eigenvalue weighted by molar-refractivity contribution is 5.17. The molecule has 0 spiro atoms.